The minimum absolute atomic E-state index is 0.00862. The molecular weight excluding hydrogens is 242 g/mol. The van der Waals surface area contributed by atoms with E-state index in [0.29, 0.717) is 17.0 Å². The molecule has 0 aromatic heterocycles. The quantitative estimate of drug-likeness (QED) is 0.829. The second kappa shape index (κ2) is 5.43. The average molecular weight is 261 g/mol. The van der Waals surface area contributed by atoms with Gasteiger partial charge in [0.25, 0.3) is 0 Å². The van der Waals surface area contributed by atoms with Gasteiger partial charge in [-0.2, -0.15) is 0 Å². The number of ether oxygens (including phenoxy) is 1. The van der Waals surface area contributed by atoms with Gasteiger partial charge in [0, 0.05) is 11.5 Å². The van der Waals surface area contributed by atoms with E-state index in [1.54, 1.807) is 18.2 Å². The van der Waals surface area contributed by atoms with E-state index in [2.05, 4.69) is 5.32 Å². The molecule has 1 fully saturated rings. The molecule has 1 aromatic carbocycles. The zero-order valence-electron chi connectivity index (χ0n) is 11.5. The summed E-state index contributed by atoms with van der Waals surface area (Å²) in [5.41, 5.74) is 1.15. The second-order valence-electron chi connectivity index (χ2n) is 5.20. The lowest BCUT2D eigenvalue weighted by Crippen LogP contribution is -2.16. The Kier molecular flexibility index (Phi) is 3.88. The molecule has 0 unspecified atom stereocenters. The van der Waals surface area contributed by atoms with Gasteiger partial charge in [-0.3, -0.25) is 9.59 Å². The number of Topliss-reactive ketones (excluding diaryl/α,β-unsaturated/α-hetero) is 1. The fourth-order valence-electron chi connectivity index (χ4n) is 1.78. The lowest BCUT2D eigenvalue weighted by atomic mass is 10.1. The first-order chi connectivity index (χ1) is 8.97. The van der Waals surface area contributed by atoms with Crippen molar-refractivity contribution in [2.24, 2.45) is 5.92 Å². The Hall–Kier alpha value is -1.84. The van der Waals surface area contributed by atoms with E-state index in [1.165, 1.54) is 6.92 Å². The number of carbonyl (C=O) groups excluding carboxylic acids is 2. The van der Waals surface area contributed by atoms with Crippen molar-refractivity contribution in [3.8, 4) is 5.75 Å². The van der Waals surface area contributed by atoms with E-state index in [1.807, 2.05) is 13.8 Å². The lowest BCUT2D eigenvalue weighted by molar-refractivity contribution is -0.117. The Labute approximate surface area is 113 Å². The van der Waals surface area contributed by atoms with Gasteiger partial charge in [0.2, 0.25) is 5.91 Å². The van der Waals surface area contributed by atoms with Crippen LogP contribution in [0.15, 0.2) is 18.2 Å². The fraction of sp³-hybridized carbons (Fsp3) is 0.467. The molecule has 1 aromatic rings. The van der Waals surface area contributed by atoms with Crippen LogP contribution in [0.3, 0.4) is 0 Å². The summed E-state index contributed by atoms with van der Waals surface area (Å²) in [6.45, 7) is 5.35. The maximum atomic E-state index is 11.8. The van der Waals surface area contributed by atoms with Crippen LogP contribution in [0.25, 0.3) is 0 Å². The summed E-state index contributed by atoms with van der Waals surface area (Å²) in [7, 11) is 0. The molecule has 1 amide bonds. The molecule has 0 spiro atoms. The maximum absolute atomic E-state index is 11.8. The standard InChI is InChI=1S/C15H19NO3/c1-9(2)19-14-7-6-12(10(3)17)8-13(14)16-15(18)11-4-5-11/h6-9,11H,4-5H2,1-3H3,(H,16,18). The maximum Gasteiger partial charge on any atom is 0.227 e. The number of anilines is 1. The number of carbonyl (C=O) groups is 2. The molecule has 0 aliphatic heterocycles. The topological polar surface area (TPSA) is 55.4 Å². The number of ketones is 1. The van der Waals surface area contributed by atoms with Crippen molar-refractivity contribution in [3.05, 3.63) is 23.8 Å². The Morgan fingerprint density at radius 1 is 1.32 bits per heavy atom. The van der Waals surface area contributed by atoms with E-state index >= 15 is 0 Å². The number of hydrogen-bond acceptors (Lipinski definition) is 3. The molecule has 1 N–H and O–H groups in total. The van der Waals surface area contributed by atoms with Crippen LogP contribution < -0.4 is 10.1 Å². The Morgan fingerprint density at radius 2 is 2.00 bits per heavy atom. The number of benzene rings is 1. The summed E-state index contributed by atoms with van der Waals surface area (Å²) in [6, 6.07) is 5.13. The van der Waals surface area contributed by atoms with E-state index in [4.69, 9.17) is 4.74 Å². The highest BCUT2D eigenvalue weighted by Crippen LogP contribution is 2.33. The molecule has 1 saturated carbocycles. The molecule has 0 bridgehead atoms. The van der Waals surface area contributed by atoms with Crippen molar-refractivity contribution in [1.29, 1.82) is 0 Å². The first-order valence-electron chi connectivity index (χ1n) is 6.60. The van der Waals surface area contributed by atoms with Crippen molar-refractivity contribution in [2.75, 3.05) is 5.32 Å². The highest BCUT2D eigenvalue weighted by Gasteiger charge is 2.30. The lowest BCUT2D eigenvalue weighted by Gasteiger charge is -2.15. The second-order valence-corrected chi connectivity index (χ2v) is 5.20. The monoisotopic (exact) mass is 261 g/mol. The highest BCUT2D eigenvalue weighted by molar-refractivity contribution is 5.99. The molecule has 4 heteroatoms. The van der Waals surface area contributed by atoms with Crippen molar-refractivity contribution >= 4 is 17.4 Å². The van der Waals surface area contributed by atoms with Crippen LogP contribution in [-0.2, 0) is 4.79 Å². The predicted molar refractivity (Wildman–Crippen MR) is 73.6 cm³/mol. The predicted octanol–water partition coefficient (Wildman–Crippen LogP) is 3.02. The van der Waals surface area contributed by atoms with E-state index in [9.17, 15) is 9.59 Å². The summed E-state index contributed by atoms with van der Waals surface area (Å²) in [5.74, 6) is 0.703. The van der Waals surface area contributed by atoms with Gasteiger partial charge in [0.1, 0.15) is 5.75 Å². The van der Waals surface area contributed by atoms with Crippen LogP contribution in [0.4, 0.5) is 5.69 Å². The largest absolute Gasteiger partial charge is 0.489 e. The van der Waals surface area contributed by atoms with Gasteiger partial charge in [-0.1, -0.05) is 0 Å². The fourth-order valence-corrected chi connectivity index (χ4v) is 1.78. The molecule has 0 saturated heterocycles. The molecule has 0 heterocycles. The molecule has 0 atom stereocenters. The van der Waals surface area contributed by atoms with Gasteiger partial charge in [-0.15, -0.1) is 0 Å². The summed E-state index contributed by atoms with van der Waals surface area (Å²) < 4.78 is 5.66. The van der Waals surface area contributed by atoms with Crippen LogP contribution in [0.2, 0.25) is 0 Å². The average Bonchev–Trinajstić information content (AvgIpc) is 3.14. The zero-order chi connectivity index (χ0) is 14.0. The van der Waals surface area contributed by atoms with Crippen LogP contribution in [-0.4, -0.2) is 17.8 Å². The van der Waals surface area contributed by atoms with Crippen molar-refractivity contribution in [3.63, 3.8) is 0 Å². The van der Waals surface area contributed by atoms with Gasteiger partial charge < -0.3 is 10.1 Å². The first-order valence-corrected chi connectivity index (χ1v) is 6.60. The zero-order valence-corrected chi connectivity index (χ0v) is 11.5. The third-order valence-electron chi connectivity index (χ3n) is 2.95. The smallest absolute Gasteiger partial charge is 0.227 e. The molecule has 1 aliphatic carbocycles. The van der Waals surface area contributed by atoms with Crippen molar-refractivity contribution in [1.82, 2.24) is 0 Å². The first kappa shape index (κ1) is 13.6. The van der Waals surface area contributed by atoms with Crippen LogP contribution in [0.5, 0.6) is 5.75 Å². The molecule has 19 heavy (non-hydrogen) atoms. The minimum atomic E-state index is -0.0296. The highest BCUT2D eigenvalue weighted by atomic mass is 16.5. The molecule has 0 radical (unpaired) electrons. The Morgan fingerprint density at radius 3 is 2.53 bits per heavy atom. The van der Waals surface area contributed by atoms with E-state index in [-0.39, 0.29) is 23.7 Å². The van der Waals surface area contributed by atoms with Gasteiger partial charge in [-0.05, 0) is 51.8 Å². The summed E-state index contributed by atoms with van der Waals surface area (Å²) in [4.78, 5) is 23.3. The van der Waals surface area contributed by atoms with Crippen LogP contribution >= 0.6 is 0 Å². The number of nitrogens with one attached hydrogen (secondary N) is 1. The number of rotatable bonds is 5. The number of amides is 1. The molecule has 4 nitrogen and oxygen atoms in total. The summed E-state index contributed by atoms with van der Waals surface area (Å²) in [5, 5.41) is 2.86. The Bertz CT molecular complexity index is 504. The van der Waals surface area contributed by atoms with Crippen molar-refractivity contribution in [2.45, 2.75) is 39.7 Å². The van der Waals surface area contributed by atoms with Crippen molar-refractivity contribution < 1.29 is 14.3 Å². The van der Waals surface area contributed by atoms with Gasteiger partial charge in [0.05, 0.1) is 11.8 Å². The van der Waals surface area contributed by atoms with Crippen LogP contribution in [0, 0.1) is 5.92 Å². The summed E-state index contributed by atoms with van der Waals surface area (Å²) in [6.07, 6.45) is 1.90. The van der Waals surface area contributed by atoms with Gasteiger partial charge in [-0.25, -0.2) is 0 Å². The number of hydrogen-bond donors (Lipinski definition) is 1. The third-order valence-corrected chi connectivity index (χ3v) is 2.95. The van der Waals surface area contributed by atoms with Crippen LogP contribution in [0.1, 0.15) is 44.0 Å². The van der Waals surface area contributed by atoms with Gasteiger partial charge >= 0.3 is 0 Å². The Balaban J connectivity index is 2.25. The van der Waals surface area contributed by atoms with E-state index in [0.717, 1.165) is 12.8 Å². The molecule has 102 valence electrons. The molecule has 1 aliphatic rings. The third kappa shape index (κ3) is 3.56. The van der Waals surface area contributed by atoms with E-state index < -0.39 is 0 Å². The molecular formula is C15H19NO3. The normalized spacial score (nSPS) is 14.3. The SMILES string of the molecule is CC(=O)c1ccc(OC(C)C)c(NC(=O)C2CC2)c1. The molecule has 2 rings (SSSR count). The minimum Gasteiger partial charge on any atom is -0.489 e. The summed E-state index contributed by atoms with van der Waals surface area (Å²) >= 11 is 0. The van der Waals surface area contributed by atoms with Gasteiger partial charge in [0.15, 0.2) is 5.78 Å².